The molecule has 0 bridgehead atoms. The molecule has 1 aliphatic heterocycles. The van der Waals surface area contributed by atoms with Crippen LogP contribution in [-0.2, 0) is 4.79 Å². The summed E-state index contributed by atoms with van der Waals surface area (Å²) in [5.74, 6) is 0.0960. The van der Waals surface area contributed by atoms with Crippen LogP contribution in [0.2, 0.25) is 0 Å². The van der Waals surface area contributed by atoms with Crippen molar-refractivity contribution in [3.05, 3.63) is 27.8 Å². The summed E-state index contributed by atoms with van der Waals surface area (Å²) in [6, 6.07) is 7.88. The number of halogens is 1. The van der Waals surface area contributed by atoms with Crippen molar-refractivity contribution in [1.29, 1.82) is 0 Å². The Balaban J connectivity index is 2.08. The lowest BCUT2D eigenvalue weighted by molar-refractivity contribution is -0.122. The normalized spacial score (nSPS) is 23.6. The highest BCUT2D eigenvalue weighted by atomic mass is 127. The third-order valence-corrected chi connectivity index (χ3v) is 4.10. The van der Waals surface area contributed by atoms with Gasteiger partial charge >= 0.3 is 0 Å². The molecule has 0 saturated carbocycles. The van der Waals surface area contributed by atoms with Crippen molar-refractivity contribution >= 4 is 34.2 Å². The first kappa shape index (κ1) is 12.8. The molecular formula is C13H17IN2O. The second-order valence-electron chi connectivity index (χ2n) is 4.43. The maximum Gasteiger partial charge on any atom is 0.244 e. The highest BCUT2D eigenvalue weighted by molar-refractivity contribution is 14.1. The fraction of sp³-hybridized carbons (Fsp3) is 0.462. The summed E-state index contributed by atoms with van der Waals surface area (Å²) >= 11 is 2.25. The Labute approximate surface area is 116 Å². The number of amides is 1. The van der Waals surface area contributed by atoms with Crippen LogP contribution in [0.15, 0.2) is 24.3 Å². The molecule has 1 saturated heterocycles. The molecule has 0 aromatic heterocycles. The monoisotopic (exact) mass is 344 g/mol. The fourth-order valence-corrected chi connectivity index (χ4v) is 2.61. The molecular weight excluding hydrogens is 327 g/mol. The number of anilines is 1. The van der Waals surface area contributed by atoms with Crippen molar-refractivity contribution in [3.63, 3.8) is 0 Å². The molecule has 0 spiro atoms. The highest BCUT2D eigenvalue weighted by Gasteiger charge is 2.38. The van der Waals surface area contributed by atoms with Crippen LogP contribution >= 0.6 is 22.6 Å². The quantitative estimate of drug-likeness (QED) is 0.828. The predicted molar refractivity (Wildman–Crippen MR) is 78.0 cm³/mol. The number of rotatable bonds is 3. The van der Waals surface area contributed by atoms with E-state index >= 15 is 0 Å². The van der Waals surface area contributed by atoms with Gasteiger partial charge in [-0.3, -0.25) is 4.79 Å². The first-order chi connectivity index (χ1) is 8.16. The van der Waals surface area contributed by atoms with E-state index in [0.717, 1.165) is 31.5 Å². The first-order valence-electron chi connectivity index (χ1n) is 5.98. The summed E-state index contributed by atoms with van der Waals surface area (Å²) < 4.78 is 1.17. The van der Waals surface area contributed by atoms with E-state index in [1.807, 2.05) is 24.3 Å². The lowest BCUT2D eigenvalue weighted by atomic mass is 9.93. The van der Waals surface area contributed by atoms with E-state index < -0.39 is 0 Å². The predicted octanol–water partition coefficient (Wildman–Crippen LogP) is 2.76. The van der Waals surface area contributed by atoms with Gasteiger partial charge in [0.05, 0.1) is 5.54 Å². The van der Waals surface area contributed by atoms with Crippen molar-refractivity contribution in [2.45, 2.75) is 31.7 Å². The maximum absolute atomic E-state index is 12.3. The molecule has 1 heterocycles. The SMILES string of the molecule is CCC1(C(=O)Nc2ccc(I)cc2)CCCN1. The molecule has 3 nitrogen and oxygen atoms in total. The van der Waals surface area contributed by atoms with Crippen LogP contribution < -0.4 is 10.6 Å². The van der Waals surface area contributed by atoms with E-state index in [1.165, 1.54) is 3.57 Å². The molecule has 0 radical (unpaired) electrons. The minimum Gasteiger partial charge on any atom is -0.324 e. The molecule has 1 atom stereocenters. The van der Waals surface area contributed by atoms with E-state index in [2.05, 4.69) is 40.1 Å². The van der Waals surface area contributed by atoms with Crippen molar-refractivity contribution in [1.82, 2.24) is 5.32 Å². The van der Waals surface area contributed by atoms with E-state index in [-0.39, 0.29) is 11.4 Å². The highest BCUT2D eigenvalue weighted by Crippen LogP contribution is 2.25. The molecule has 2 rings (SSSR count). The molecule has 1 aromatic rings. The number of nitrogens with one attached hydrogen (secondary N) is 2. The van der Waals surface area contributed by atoms with Gasteiger partial charge in [-0.2, -0.15) is 0 Å². The van der Waals surface area contributed by atoms with Gasteiger partial charge in [0.25, 0.3) is 0 Å². The van der Waals surface area contributed by atoms with Crippen molar-refractivity contribution in [2.24, 2.45) is 0 Å². The smallest absolute Gasteiger partial charge is 0.244 e. The Morgan fingerprint density at radius 2 is 2.18 bits per heavy atom. The second kappa shape index (κ2) is 5.35. The summed E-state index contributed by atoms with van der Waals surface area (Å²) in [4.78, 5) is 12.3. The van der Waals surface area contributed by atoms with Crippen LogP contribution in [-0.4, -0.2) is 18.0 Å². The summed E-state index contributed by atoms with van der Waals surface area (Å²) in [5.41, 5.74) is 0.514. The van der Waals surface area contributed by atoms with Gasteiger partial charge in [0, 0.05) is 9.26 Å². The molecule has 1 unspecified atom stereocenters. The molecule has 92 valence electrons. The Bertz CT molecular complexity index is 396. The number of carbonyl (C=O) groups is 1. The third kappa shape index (κ3) is 2.80. The number of hydrogen-bond donors (Lipinski definition) is 2. The summed E-state index contributed by atoms with van der Waals surface area (Å²) in [6.07, 6.45) is 2.84. The van der Waals surface area contributed by atoms with Gasteiger partial charge in [0.1, 0.15) is 0 Å². The minimum absolute atomic E-state index is 0.0960. The molecule has 1 aliphatic rings. The van der Waals surface area contributed by atoms with Crippen molar-refractivity contribution in [2.75, 3.05) is 11.9 Å². The van der Waals surface area contributed by atoms with Gasteiger partial charge in [-0.15, -0.1) is 0 Å². The third-order valence-electron chi connectivity index (χ3n) is 3.38. The molecule has 0 aliphatic carbocycles. The molecule has 1 aromatic carbocycles. The standard InChI is InChI=1S/C13H17IN2O/c1-2-13(8-3-9-15-13)12(17)16-11-6-4-10(14)5-7-11/h4-7,15H,2-3,8-9H2,1H3,(H,16,17). The average Bonchev–Trinajstić information content (AvgIpc) is 2.82. The van der Waals surface area contributed by atoms with Crippen molar-refractivity contribution < 1.29 is 4.79 Å². The summed E-state index contributed by atoms with van der Waals surface area (Å²) in [7, 11) is 0. The number of hydrogen-bond acceptors (Lipinski definition) is 2. The Hall–Kier alpha value is -0.620. The van der Waals surface area contributed by atoms with Crippen LogP contribution in [0.5, 0.6) is 0 Å². The topological polar surface area (TPSA) is 41.1 Å². The second-order valence-corrected chi connectivity index (χ2v) is 5.67. The van der Waals surface area contributed by atoms with Gasteiger partial charge < -0.3 is 10.6 Å². The zero-order chi connectivity index (χ0) is 12.3. The maximum atomic E-state index is 12.3. The van der Waals surface area contributed by atoms with Crippen LogP contribution in [0.3, 0.4) is 0 Å². The molecule has 2 N–H and O–H groups in total. The van der Waals surface area contributed by atoms with Gasteiger partial charge in [-0.05, 0) is 72.7 Å². The van der Waals surface area contributed by atoms with Crippen molar-refractivity contribution in [3.8, 4) is 0 Å². The van der Waals surface area contributed by atoms with E-state index in [4.69, 9.17) is 0 Å². The van der Waals surface area contributed by atoms with E-state index in [1.54, 1.807) is 0 Å². The molecule has 1 fully saturated rings. The van der Waals surface area contributed by atoms with E-state index in [9.17, 15) is 4.79 Å². The largest absolute Gasteiger partial charge is 0.324 e. The average molecular weight is 344 g/mol. The van der Waals surface area contributed by atoms with Gasteiger partial charge in [0.2, 0.25) is 5.91 Å². The zero-order valence-electron chi connectivity index (χ0n) is 9.92. The Kier molecular flexibility index (Phi) is 4.04. The first-order valence-corrected chi connectivity index (χ1v) is 7.06. The van der Waals surface area contributed by atoms with Crippen LogP contribution in [0.25, 0.3) is 0 Å². The summed E-state index contributed by atoms with van der Waals surface area (Å²) in [5, 5.41) is 6.34. The molecule has 17 heavy (non-hydrogen) atoms. The van der Waals surface area contributed by atoms with Gasteiger partial charge in [0.15, 0.2) is 0 Å². The number of benzene rings is 1. The Morgan fingerprint density at radius 1 is 1.47 bits per heavy atom. The zero-order valence-corrected chi connectivity index (χ0v) is 12.1. The number of carbonyl (C=O) groups excluding carboxylic acids is 1. The molecule has 4 heteroatoms. The van der Waals surface area contributed by atoms with Gasteiger partial charge in [-0.1, -0.05) is 6.92 Å². The van der Waals surface area contributed by atoms with Crippen LogP contribution in [0, 0.1) is 3.57 Å². The Morgan fingerprint density at radius 3 is 2.71 bits per heavy atom. The van der Waals surface area contributed by atoms with Crippen LogP contribution in [0.1, 0.15) is 26.2 Å². The molecule has 1 amide bonds. The van der Waals surface area contributed by atoms with Crippen LogP contribution in [0.4, 0.5) is 5.69 Å². The van der Waals surface area contributed by atoms with E-state index in [0.29, 0.717) is 0 Å². The lowest BCUT2D eigenvalue weighted by Gasteiger charge is -2.26. The van der Waals surface area contributed by atoms with Gasteiger partial charge in [-0.25, -0.2) is 0 Å². The lowest BCUT2D eigenvalue weighted by Crippen LogP contribution is -2.50. The minimum atomic E-state index is -0.358. The fourth-order valence-electron chi connectivity index (χ4n) is 2.25. The summed E-state index contributed by atoms with van der Waals surface area (Å²) in [6.45, 7) is 3.00.